The van der Waals surface area contributed by atoms with Gasteiger partial charge in [-0.25, -0.2) is 9.37 Å². The molecule has 2 aliphatic rings. The van der Waals surface area contributed by atoms with Gasteiger partial charge in [-0.1, -0.05) is 0 Å². The van der Waals surface area contributed by atoms with Crippen LogP contribution in [0.15, 0.2) is 29.0 Å². The number of hydrogen-bond donors (Lipinski definition) is 0. The smallest absolute Gasteiger partial charge is 0.198 e. The Morgan fingerprint density at radius 3 is 2.83 bits per heavy atom. The minimum absolute atomic E-state index is 0.200. The highest BCUT2D eigenvalue weighted by Gasteiger charge is 2.47. The maximum Gasteiger partial charge on any atom is 0.198 e. The minimum Gasteiger partial charge on any atom is -0.455 e. The maximum atomic E-state index is 13.6. The second-order valence-electron chi connectivity index (χ2n) is 5.61. The van der Waals surface area contributed by atoms with Gasteiger partial charge in [-0.3, -0.25) is 0 Å². The summed E-state index contributed by atoms with van der Waals surface area (Å²) in [6, 6.07) is 5.80. The summed E-state index contributed by atoms with van der Waals surface area (Å²) < 4.78 is 31.7. The Labute approximate surface area is 146 Å². The SMILES string of the molecule is N#Cc1cc(F)cc(Oc2cnc(Br)c3c2CCC32OCCO2)c1. The van der Waals surface area contributed by atoms with Crippen LogP contribution in [0.2, 0.25) is 0 Å². The Morgan fingerprint density at radius 1 is 1.29 bits per heavy atom. The lowest BCUT2D eigenvalue weighted by atomic mass is 10.1. The van der Waals surface area contributed by atoms with Gasteiger partial charge in [0.15, 0.2) is 5.79 Å². The number of aromatic nitrogens is 1. The average molecular weight is 391 g/mol. The Kier molecular flexibility index (Phi) is 3.76. The van der Waals surface area contributed by atoms with E-state index in [1.165, 1.54) is 12.1 Å². The zero-order valence-corrected chi connectivity index (χ0v) is 14.1. The van der Waals surface area contributed by atoms with E-state index in [9.17, 15) is 4.39 Å². The second-order valence-corrected chi connectivity index (χ2v) is 6.36. The number of hydrogen-bond acceptors (Lipinski definition) is 5. The van der Waals surface area contributed by atoms with Crippen molar-refractivity contribution in [3.05, 3.63) is 51.5 Å². The summed E-state index contributed by atoms with van der Waals surface area (Å²) in [5, 5.41) is 8.96. The highest BCUT2D eigenvalue weighted by molar-refractivity contribution is 9.10. The monoisotopic (exact) mass is 390 g/mol. The van der Waals surface area contributed by atoms with Crippen molar-refractivity contribution in [3.8, 4) is 17.6 Å². The molecule has 0 radical (unpaired) electrons. The van der Waals surface area contributed by atoms with Crippen molar-refractivity contribution < 1.29 is 18.6 Å². The number of pyridine rings is 1. The molecule has 5 nitrogen and oxygen atoms in total. The number of benzene rings is 1. The molecule has 0 saturated carbocycles. The van der Waals surface area contributed by atoms with Crippen LogP contribution in [0.25, 0.3) is 0 Å². The normalized spacial score (nSPS) is 17.7. The third kappa shape index (κ3) is 2.47. The first kappa shape index (κ1) is 15.5. The summed E-state index contributed by atoms with van der Waals surface area (Å²) in [5.41, 5.74) is 1.95. The van der Waals surface area contributed by atoms with Gasteiger partial charge >= 0.3 is 0 Å². The standard InChI is InChI=1S/C17H12BrFN2O3/c18-16-15-13(1-2-17(15)22-3-4-23-17)14(9-21-16)24-12-6-10(8-20)5-11(19)7-12/h5-7,9H,1-4H2. The Balaban J connectivity index is 1.75. The van der Waals surface area contributed by atoms with Crippen molar-refractivity contribution in [3.63, 3.8) is 0 Å². The average Bonchev–Trinajstić information content (AvgIpc) is 3.19. The van der Waals surface area contributed by atoms with Crippen molar-refractivity contribution in [2.24, 2.45) is 0 Å². The molecule has 0 amide bonds. The predicted octanol–water partition coefficient (Wildman–Crippen LogP) is 3.79. The molecule has 1 saturated heterocycles. The van der Waals surface area contributed by atoms with Crippen LogP contribution in [0.4, 0.5) is 4.39 Å². The zero-order chi connectivity index (χ0) is 16.7. The number of halogens is 2. The molecule has 1 aliphatic carbocycles. The van der Waals surface area contributed by atoms with Gasteiger partial charge < -0.3 is 14.2 Å². The van der Waals surface area contributed by atoms with Crippen molar-refractivity contribution in [2.75, 3.05) is 13.2 Å². The van der Waals surface area contributed by atoms with Gasteiger partial charge in [0.25, 0.3) is 0 Å². The molecule has 24 heavy (non-hydrogen) atoms. The van der Waals surface area contributed by atoms with Gasteiger partial charge in [0, 0.05) is 18.1 Å². The van der Waals surface area contributed by atoms with Crippen molar-refractivity contribution >= 4 is 15.9 Å². The Morgan fingerprint density at radius 2 is 2.08 bits per heavy atom. The molecular weight excluding hydrogens is 379 g/mol. The van der Waals surface area contributed by atoms with Gasteiger partial charge in [-0.2, -0.15) is 5.26 Å². The van der Waals surface area contributed by atoms with E-state index < -0.39 is 11.6 Å². The van der Waals surface area contributed by atoms with Gasteiger partial charge in [-0.15, -0.1) is 0 Å². The van der Waals surface area contributed by atoms with Crippen molar-refractivity contribution in [1.82, 2.24) is 4.98 Å². The summed E-state index contributed by atoms with van der Waals surface area (Å²) in [4.78, 5) is 4.30. The minimum atomic E-state index is -0.777. The van der Waals surface area contributed by atoms with E-state index in [2.05, 4.69) is 20.9 Å². The summed E-state index contributed by atoms with van der Waals surface area (Å²) in [6.45, 7) is 1.07. The van der Waals surface area contributed by atoms with Crippen LogP contribution >= 0.6 is 15.9 Å². The molecule has 122 valence electrons. The Hall–Kier alpha value is -2.01. The topological polar surface area (TPSA) is 64.4 Å². The first-order valence-electron chi connectivity index (χ1n) is 7.46. The summed E-state index contributed by atoms with van der Waals surface area (Å²) in [6.07, 6.45) is 2.95. The van der Waals surface area contributed by atoms with Crippen LogP contribution in [-0.4, -0.2) is 18.2 Å². The van der Waals surface area contributed by atoms with E-state index in [0.29, 0.717) is 36.4 Å². The molecule has 0 bridgehead atoms. The van der Waals surface area contributed by atoms with E-state index in [0.717, 1.165) is 17.2 Å². The van der Waals surface area contributed by atoms with Gasteiger partial charge in [0.05, 0.1) is 36.6 Å². The predicted molar refractivity (Wildman–Crippen MR) is 85.0 cm³/mol. The van der Waals surface area contributed by atoms with Crippen LogP contribution < -0.4 is 4.74 Å². The lowest BCUT2D eigenvalue weighted by molar-refractivity contribution is -0.163. The van der Waals surface area contributed by atoms with Crippen molar-refractivity contribution in [2.45, 2.75) is 18.6 Å². The number of rotatable bonds is 2. The molecule has 1 fully saturated rings. The van der Waals surface area contributed by atoms with Crippen LogP contribution in [0.1, 0.15) is 23.1 Å². The zero-order valence-electron chi connectivity index (χ0n) is 12.5. The molecule has 1 aliphatic heterocycles. The lowest BCUT2D eigenvalue weighted by Gasteiger charge is -2.23. The molecule has 2 heterocycles. The van der Waals surface area contributed by atoms with E-state index in [1.54, 1.807) is 6.20 Å². The molecule has 1 spiro atoms. The van der Waals surface area contributed by atoms with E-state index >= 15 is 0 Å². The fraction of sp³-hybridized carbons (Fsp3) is 0.294. The highest BCUT2D eigenvalue weighted by Crippen LogP contribution is 2.49. The summed E-state index contributed by atoms with van der Waals surface area (Å²) in [5.74, 6) is -0.532. The second kappa shape index (κ2) is 5.81. The fourth-order valence-electron chi connectivity index (χ4n) is 3.20. The summed E-state index contributed by atoms with van der Waals surface area (Å²) in [7, 11) is 0. The molecule has 7 heteroatoms. The van der Waals surface area contributed by atoms with Gasteiger partial charge in [0.1, 0.15) is 21.9 Å². The van der Waals surface area contributed by atoms with E-state index in [1.807, 2.05) is 6.07 Å². The summed E-state index contributed by atoms with van der Waals surface area (Å²) >= 11 is 3.46. The van der Waals surface area contributed by atoms with Crippen LogP contribution in [-0.2, 0) is 21.7 Å². The largest absolute Gasteiger partial charge is 0.455 e. The van der Waals surface area contributed by atoms with Crippen LogP contribution in [0, 0.1) is 17.1 Å². The van der Waals surface area contributed by atoms with Gasteiger partial charge in [-0.05, 0) is 34.5 Å². The van der Waals surface area contributed by atoms with Gasteiger partial charge in [0.2, 0.25) is 0 Å². The molecular formula is C17H12BrFN2O3. The number of nitrogens with zero attached hydrogens (tertiary/aromatic N) is 2. The molecule has 1 aromatic carbocycles. The van der Waals surface area contributed by atoms with Crippen LogP contribution in [0.3, 0.4) is 0 Å². The quantitative estimate of drug-likeness (QED) is 0.729. The molecule has 0 unspecified atom stereocenters. The molecule has 0 atom stereocenters. The van der Waals surface area contributed by atoms with E-state index in [4.69, 9.17) is 19.5 Å². The first-order valence-corrected chi connectivity index (χ1v) is 8.25. The number of ether oxygens (including phenoxy) is 3. The van der Waals surface area contributed by atoms with Crippen LogP contribution in [0.5, 0.6) is 11.5 Å². The molecule has 0 N–H and O–H groups in total. The van der Waals surface area contributed by atoms with Crippen molar-refractivity contribution in [1.29, 1.82) is 5.26 Å². The molecule has 1 aromatic heterocycles. The van der Waals surface area contributed by atoms with E-state index in [-0.39, 0.29) is 11.3 Å². The number of nitriles is 1. The first-order chi connectivity index (χ1) is 11.6. The maximum absolute atomic E-state index is 13.6. The number of fused-ring (bicyclic) bond motifs is 2. The third-order valence-electron chi connectivity index (χ3n) is 4.17. The highest BCUT2D eigenvalue weighted by atomic mass is 79.9. The molecule has 4 rings (SSSR count). The molecule has 2 aromatic rings. The third-order valence-corrected chi connectivity index (χ3v) is 4.77. The Bertz CT molecular complexity index is 860. The lowest BCUT2D eigenvalue weighted by Crippen LogP contribution is -2.24. The fourth-order valence-corrected chi connectivity index (χ4v) is 3.84.